The van der Waals surface area contributed by atoms with Gasteiger partial charge < -0.3 is 10.4 Å². The lowest BCUT2D eigenvalue weighted by Crippen LogP contribution is -2.33. The maximum absolute atomic E-state index is 12.4. The number of hydrogen-bond acceptors (Lipinski definition) is 5. The Morgan fingerprint density at radius 2 is 2.21 bits per heavy atom. The fourth-order valence-electron chi connectivity index (χ4n) is 1.56. The third-order valence-electron chi connectivity index (χ3n) is 2.37. The highest BCUT2D eigenvalue weighted by Crippen LogP contribution is 2.25. The van der Waals surface area contributed by atoms with Crippen molar-refractivity contribution in [2.24, 2.45) is 0 Å². The quantitative estimate of drug-likeness (QED) is 0.806. The van der Waals surface area contributed by atoms with Crippen LogP contribution in [0.1, 0.15) is 13.8 Å². The van der Waals surface area contributed by atoms with Crippen LogP contribution < -0.4 is 5.32 Å². The maximum atomic E-state index is 12.4. The molecule has 0 spiro atoms. The number of rotatable bonds is 6. The Labute approximate surface area is 122 Å². The molecule has 8 heteroatoms. The minimum Gasteiger partial charge on any atom is -0.392 e. The summed E-state index contributed by atoms with van der Waals surface area (Å²) < 4.78 is 26.6. The lowest BCUT2D eigenvalue weighted by molar-refractivity contribution is 0.171. The van der Waals surface area contributed by atoms with E-state index in [1.54, 1.807) is 0 Å². The predicted molar refractivity (Wildman–Crippen MR) is 77.6 cm³/mol. The maximum Gasteiger partial charge on any atom is 0.246 e. The Bertz CT molecular complexity index is 534. The molecular formula is C11H18BrN3O3S. The summed E-state index contributed by atoms with van der Waals surface area (Å²) in [6, 6.07) is 1.50. The van der Waals surface area contributed by atoms with Crippen molar-refractivity contribution in [3.63, 3.8) is 0 Å². The Hall–Kier alpha value is -0.700. The molecule has 1 aromatic heterocycles. The summed E-state index contributed by atoms with van der Waals surface area (Å²) in [5, 5.41) is 12.2. The molecule has 1 rings (SSSR count). The number of aliphatic hydroxyl groups excluding tert-OH is 1. The molecule has 108 valence electrons. The number of halogens is 1. The molecule has 0 bridgehead atoms. The number of nitrogens with one attached hydrogen (secondary N) is 1. The van der Waals surface area contributed by atoms with Gasteiger partial charge in [-0.2, -0.15) is 4.31 Å². The molecule has 0 aliphatic rings. The number of sulfonamides is 1. The van der Waals surface area contributed by atoms with Crippen molar-refractivity contribution in [2.75, 3.05) is 25.5 Å². The van der Waals surface area contributed by atoms with Crippen LogP contribution in [0.5, 0.6) is 0 Å². The summed E-state index contributed by atoms with van der Waals surface area (Å²) in [6.45, 7) is 3.99. The van der Waals surface area contributed by atoms with Gasteiger partial charge in [-0.15, -0.1) is 0 Å². The molecule has 1 aromatic rings. The Morgan fingerprint density at radius 3 is 2.74 bits per heavy atom. The van der Waals surface area contributed by atoms with Crippen LogP contribution in [0.15, 0.2) is 21.6 Å². The van der Waals surface area contributed by atoms with Gasteiger partial charge in [0.25, 0.3) is 0 Å². The third-order valence-corrected chi connectivity index (χ3v) is 4.64. The minimum atomic E-state index is -3.69. The fourth-order valence-corrected chi connectivity index (χ4v) is 3.43. The zero-order valence-electron chi connectivity index (χ0n) is 11.1. The standard InChI is InChI=1S/C11H18BrN3O3S/c1-4-13-11-10(5-9(12)6-14-11)19(17,18)15(3)7-8(2)16/h5-6,8,16H,4,7H2,1-3H3,(H,13,14). The lowest BCUT2D eigenvalue weighted by Gasteiger charge is -2.20. The normalized spacial score (nSPS) is 13.6. The molecule has 19 heavy (non-hydrogen) atoms. The number of anilines is 1. The summed E-state index contributed by atoms with van der Waals surface area (Å²) in [5.41, 5.74) is 0. The van der Waals surface area contributed by atoms with Gasteiger partial charge >= 0.3 is 0 Å². The van der Waals surface area contributed by atoms with E-state index in [0.717, 1.165) is 4.31 Å². The number of nitrogens with zero attached hydrogens (tertiary/aromatic N) is 2. The van der Waals surface area contributed by atoms with Crippen LogP contribution in [0, 0.1) is 0 Å². The smallest absolute Gasteiger partial charge is 0.246 e. The van der Waals surface area contributed by atoms with E-state index in [1.165, 1.54) is 26.2 Å². The van der Waals surface area contributed by atoms with Gasteiger partial charge in [0, 0.05) is 30.8 Å². The van der Waals surface area contributed by atoms with E-state index >= 15 is 0 Å². The van der Waals surface area contributed by atoms with E-state index in [1.807, 2.05) is 6.92 Å². The first-order chi connectivity index (χ1) is 8.78. The predicted octanol–water partition coefficient (Wildman–Crippen LogP) is 1.28. The topological polar surface area (TPSA) is 82.5 Å². The van der Waals surface area contributed by atoms with E-state index in [9.17, 15) is 13.5 Å². The number of likely N-dealkylation sites (N-methyl/N-ethyl adjacent to an activating group) is 1. The molecule has 0 aliphatic heterocycles. The van der Waals surface area contributed by atoms with Crippen molar-refractivity contribution >= 4 is 31.8 Å². The summed E-state index contributed by atoms with van der Waals surface area (Å²) >= 11 is 3.22. The van der Waals surface area contributed by atoms with Gasteiger partial charge in [-0.25, -0.2) is 13.4 Å². The van der Waals surface area contributed by atoms with Crippen molar-refractivity contribution in [2.45, 2.75) is 24.8 Å². The molecule has 0 saturated carbocycles. The van der Waals surface area contributed by atoms with E-state index in [0.29, 0.717) is 16.8 Å². The third kappa shape index (κ3) is 4.13. The van der Waals surface area contributed by atoms with E-state index in [4.69, 9.17) is 0 Å². The molecule has 0 saturated heterocycles. The monoisotopic (exact) mass is 351 g/mol. The minimum absolute atomic E-state index is 0.0282. The van der Waals surface area contributed by atoms with Gasteiger partial charge in [0.2, 0.25) is 10.0 Å². The second-order valence-electron chi connectivity index (χ2n) is 4.17. The average Bonchev–Trinajstić information content (AvgIpc) is 2.30. The molecule has 0 amide bonds. The highest BCUT2D eigenvalue weighted by atomic mass is 79.9. The summed E-state index contributed by atoms with van der Waals surface area (Å²) in [5.74, 6) is 0.308. The van der Waals surface area contributed by atoms with Gasteiger partial charge in [-0.1, -0.05) is 0 Å². The molecule has 1 atom stereocenters. The second kappa shape index (κ2) is 6.65. The molecule has 2 N–H and O–H groups in total. The fraction of sp³-hybridized carbons (Fsp3) is 0.545. The molecular weight excluding hydrogens is 334 g/mol. The molecule has 6 nitrogen and oxygen atoms in total. The van der Waals surface area contributed by atoms with E-state index < -0.39 is 16.1 Å². The highest BCUT2D eigenvalue weighted by Gasteiger charge is 2.26. The van der Waals surface area contributed by atoms with Gasteiger partial charge in [0.15, 0.2) is 0 Å². The summed E-state index contributed by atoms with van der Waals surface area (Å²) in [7, 11) is -2.26. The van der Waals surface area contributed by atoms with Gasteiger partial charge in [-0.05, 0) is 35.8 Å². The highest BCUT2D eigenvalue weighted by molar-refractivity contribution is 9.10. The van der Waals surface area contributed by atoms with Crippen molar-refractivity contribution in [1.82, 2.24) is 9.29 Å². The van der Waals surface area contributed by atoms with Crippen LogP contribution in [0.4, 0.5) is 5.82 Å². The van der Waals surface area contributed by atoms with Crippen molar-refractivity contribution in [1.29, 1.82) is 0 Å². The first kappa shape index (κ1) is 16.4. The Morgan fingerprint density at radius 1 is 1.58 bits per heavy atom. The van der Waals surface area contributed by atoms with Crippen LogP contribution in [-0.4, -0.2) is 49.1 Å². The molecule has 1 unspecified atom stereocenters. The van der Waals surface area contributed by atoms with Gasteiger partial charge in [0.05, 0.1) is 6.10 Å². The van der Waals surface area contributed by atoms with Crippen molar-refractivity contribution < 1.29 is 13.5 Å². The Kier molecular flexibility index (Phi) is 5.72. The largest absolute Gasteiger partial charge is 0.392 e. The van der Waals surface area contributed by atoms with Crippen molar-refractivity contribution in [3.8, 4) is 0 Å². The van der Waals surface area contributed by atoms with Crippen LogP contribution in [0.3, 0.4) is 0 Å². The number of hydrogen-bond donors (Lipinski definition) is 2. The van der Waals surface area contributed by atoms with Crippen LogP contribution in [0.25, 0.3) is 0 Å². The first-order valence-electron chi connectivity index (χ1n) is 5.82. The Balaban J connectivity index is 3.22. The number of aliphatic hydroxyl groups is 1. The van der Waals surface area contributed by atoms with E-state index in [-0.39, 0.29) is 11.4 Å². The summed E-state index contributed by atoms with van der Waals surface area (Å²) in [4.78, 5) is 4.16. The second-order valence-corrected chi connectivity index (χ2v) is 7.09. The number of aromatic nitrogens is 1. The van der Waals surface area contributed by atoms with E-state index in [2.05, 4.69) is 26.2 Å². The average molecular weight is 352 g/mol. The number of pyridine rings is 1. The zero-order chi connectivity index (χ0) is 14.6. The van der Waals surface area contributed by atoms with Crippen LogP contribution in [0.2, 0.25) is 0 Å². The molecule has 1 heterocycles. The van der Waals surface area contributed by atoms with Gasteiger partial charge in [0.1, 0.15) is 10.7 Å². The summed E-state index contributed by atoms with van der Waals surface area (Å²) in [6.07, 6.45) is 0.800. The SMILES string of the molecule is CCNc1ncc(Br)cc1S(=O)(=O)N(C)CC(C)O. The van der Waals surface area contributed by atoms with Gasteiger partial charge in [-0.3, -0.25) is 0 Å². The zero-order valence-corrected chi connectivity index (χ0v) is 13.5. The first-order valence-corrected chi connectivity index (χ1v) is 8.06. The molecule has 0 radical (unpaired) electrons. The lowest BCUT2D eigenvalue weighted by atomic mass is 10.4. The van der Waals surface area contributed by atoms with Crippen LogP contribution >= 0.6 is 15.9 Å². The molecule has 0 fully saturated rings. The van der Waals surface area contributed by atoms with Crippen molar-refractivity contribution in [3.05, 3.63) is 16.7 Å². The molecule has 0 aromatic carbocycles. The van der Waals surface area contributed by atoms with Crippen LogP contribution in [-0.2, 0) is 10.0 Å². The molecule has 0 aliphatic carbocycles.